The van der Waals surface area contributed by atoms with Gasteiger partial charge in [0, 0.05) is 87.3 Å². The molecule has 82 heavy (non-hydrogen) atoms. The van der Waals surface area contributed by atoms with E-state index in [4.69, 9.17) is 18.8 Å². The first-order valence-electron chi connectivity index (χ1n) is 28.0. The highest BCUT2D eigenvalue weighted by atomic mass is 32.1. The maximum absolute atomic E-state index is 6.66. The van der Waals surface area contributed by atoms with Crippen molar-refractivity contribution in [3.8, 4) is 78.1 Å². The van der Waals surface area contributed by atoms with Crippen LogP contribution in [0, 0.1) is 0 Å². The standard InChI is InChI=1S/C76H47N3O2S/c1-2-14-53(15-3-1)79-69-30-24-46(38-60(69)61-41-49(25-31-70(61)79)54-16-4-6-18-56(54)67-21-10-12-36-77-67)47-26-32-71-62(39-47)65-43-51(29-35-74(65)80-71)59-44-52(45-66-58-20-8-9-23-75(58)82-76(59)66)48-27-33-72-63(40-48)64-42-50(28-34-73(64)81-72)55-17-5-7-19-57(55)68-22-11-13-37-78-68/h2,4-45H,1,3H2. The third kappa shape index (κ3) is 7.53. The highest BCUT2D eigenvalue weighted by Crippen LogP contribution is 2.47. The number of pyridine rings is 2. The summed E-state index contributed by atoms with van der Waals surface area (Å²) in [6.07, 6.45) is 12.7. The van der Waals surface area contributed by atoms with Crippen LogP contribution in [0.25, 0.3) is 170 Å². The number of thiophene rings is 1. The minimum Gasteiger partial charge on any atom is -0.456 e. The Morgan fingerprint density at radius 3 is 1.35 bits per heavy atom. The van der Waals surface area contributed by atoms with Crippen LogP contribution < -0.4 is 0 Å². The molecule has 16 aromatic rings. The van der Waals surface area contributed by atoms with Crippen LogP contribution in [0.4, 0.5) is 0 Å². The molecule has 6 aromatic heterocycles. The van der Waals surface area contributed by atoms with Crippen LogP contribution in [0.1, 0.15) is 12.8 Å². The molecule has 6 heteroatoms. The van der Waals surface area contributed by atoms with Gasteiger partial charge in [-0.1, -0.05) is 127 Å². The minimum absolute atomic E-state index is 0.863. The molecule has 0 spiro atoms. The number of aromatic nitrogens is 3. The Labute approximate surface area is 475 Å². The Morgan fingerprint density at radius 2 is 0.793 bits per heavy atom. The SMILES string of the molecule is C1=CC(n2c3ccc(-c4ccc5oc6ccc(-c7cc(-c8ccc9oc%10ccc(-c%11ccccc%11-c%11ccccn%11)cc%10c9c8)cc8c7sc7ccccc78)cc6c5c4)cc3c3cc(-c4ccccc4-c4ccccn4)ccc32)=CCC1. The van der Waals surface area contributed by atoms with E-state index in [2.05, 4.69) is 235 Å². The van der Waals surface area contributed by atoms with Gasteiger partial charge in [-0.15, -0.1) is 11.3 Å². The van der Waals surface area contributed by atoms with Crippen molar-refractivity contribution in [3.05, 3.63) is 261 Å². The van der Waals surface area contributed by atoms with Crippen molar-refractivity contribution < 1.29 is 8.83 Å². The van der Waals surface area contributed by atoms with Crippen LogP contribution in [0.3, 0.4) is 0 Å². The molecule has 0 saturated carbocycles. The Balaban J connectivity index is 0.791. The fourth-order valence-electron chi connectivity index (χ4n) is 12.8. The number of benzene rings is 10. The van der Waals surface area contributed by atoms with Gasteiger partial charge >= 0.3 is 0 Å². The number of nitrogens with zero attached hydrogens (tertiary/aromatic N) is 3. The zero-order chi connectivity index (χ0) is 53.8. The summed E-state index contributed by atoms with van der Waals surface area (Å²) in [5.41, 5.74) is 22.6. The summed E-state index contributed by atoms with van der Waals surface area (Å²) in [4.78, 5) is 9.46. The smallest absolute Gasteiger partial charge is 0.135 e. The van der Waals surface area contributed by atoms with E-state index >= 15 is 0 Å². The van der Waals surface area contributed by atoms with Gasteiger partial charge in [0.1, 0.15) is 22.3 Å². The minimum atomic E-state index is 0.863. The molecule has 0 radical (unpaired) electrons. The lowest BCUT2D eigenvalue weighted by atomic mass is 9.93. The molecule has 0 bridgehead atoms. The summed E-state index contributed by atoms with van der Waals surface area (Å²) in [6, 6.07) is 83.4. The van der Waals surface area contributed by atoms with Gasteiger partial charge in [-0.25, -0.2) is 0 Å². The van der Waals surface area contributed by atoms with Gasteiger partial charge in [-0.05, 0) is 184 Å². The van der Waals surface area contributed by atoms with E-state index in [1.807, 2.05) is 41.9 Å². The van der Waals surface area contributed by atoms with Crippen molar-refractivity contribution in [2.75, 3.05) is 0 Å². The van der Waals surface area contributed by atoms with E-state index in [9.17, 15) is 0 Å². The van der Waals surface area contributed by atoms with Crippen molar-refractivity contribution in [1.82, 2.24) is 14.5 Å². The normalized spacial score (nSPS) is 12.8. The predicted molar refractivity (Wildman–Crippen MR) is 343 cm³/mol. The van der Waals surface area contributed by atoms with Crippen LogP contribution in [0.15, 0.2) is 270 Å². The van der Waals surface area contributed by atoms with Gasteiger partial charge in [0.15, 0.2) is 0 Å². The molecule has 0 atom stereocenters. The number of fused-ring (bicyclic) bond motifs is 12. The molecular weight excluding hydrogens is 1020 g/mol. The summed E-state index contributed by atoms with van der Waals surface area (Å²) in [5.74, 6) is 0. The van der Waals surface area contributed by atoms with Gasteiger partial charge in [0.05, 0.1) is 22.4 Å². The Hall–Kier alpha value is -10.4. The van der Waals surface area contributed by atoms with Gasteiger partial charge in [0.25, 0.3) is 0 Å². The maximum Gasteiger partial charge on any atom is 0.135 e. The predicted octanol–water partition coefficient (Wildman–Crippen LogP) is 21.6. The average molecular weight is 1070 g/mol. The molecule has 0 aliphatic heterocycles. The van der Waals surface area contributed by atoms with E-state index in [1.165, 1.54) is 53.2 Å². The number of furan rings is 2. The van der Waals surface area contributed by atoms with Crippen molar-refractivity contribution in [1.29, 1.82) is 0 Å². The second kappa shape index (κ2) is 18.6. The highest BCUT2D eigenvalue weighted by Gasteiger charge is 2.21. The van der Waals surface area contributed by atoms with Crippen molar-refractivity contribution >= 4 is 103 Å². The first kappa shape index (κ1) is 46.5. The second-order valence-corrected chi connectivity index (χ2v) is 22.5. The van der Waals surface area contributed by atoms with Crippen LogP contribution in [-0.4, -0.2) is 14.5 Å². The van der Waals surface area contributed by atoms with Gasteiger partial charge in [-0.3, -0.25) is 9.97 Å². The summed E-state index contributed by atoms with van der Waals surface area (Å²) in [7, 11) is 0. The number of rotatable bonds is 8. The zero-order valence-corrected chi connectivity index (χ0v) is 45.1. The largest absolute Gasteiger partial charge is 0.456 e. The fraction of sp³-hybridized carbons (Fsp3) is 0.0263. The Bertz CT molecular complexity index is 5350. The molecule has 1 aliphatic rings. The zero-order valence-electron chi connectivity index (χ0n) is 44.3. The van der Waals surface area contributed by atoms with Crippen LogP contribution in [0.2, 0.25) is 0 Å². The first-order valence-corrected chi connectivity index (χ1v) is 28.8. The number of allylic oxidation sites excluding steroid dienone is 4. The lowest BCUT2D eigenvalue weighted by Gasteiger charge is -2.13. The molecule has 384 valence electrons. The Morgan fingerprint density at radius 1 is 0.341 bits per heavy atom. The molecule has 0 amide bonds. The monoisotopic (exact) mass is 1070 g/mol. The Kier molecular flexibility index (Phi) is 10.5. The molecule has 5 nitrogen and oxygen atoms in total. The fourth-order valence-corrected chi connectivity index (χ4v) is 14.1. The van der Waals surface area contributed by atoms with Crippen molar-refractivity contribution in [2.45, 2.75) is 12.8 Å². The summed E-state index contributed by atoms with van der Waals surface area (Å²) in [6.45, 7) is 0. The van der Waals surface area contributed by atoms with Gasteiger partial charge in [-0.2, -0.15) is 0 Å². The lowest BCUT2D eigenvalue weighted by Crippen LogP contribution is -1.97. The van der Waals surface area contributed by atoms with Crippen LogP contribution in [0.5, 0.6) is 0 Å². The first-order chi connectivity index (χ1) is 40.6. The van der Waals surface area contributed by atoms with E-state index in [-0.39, 0.29) is 0 Å². The van der Waals surface area contributed by atoms with Gasteiger partial charge in [0.2, 0.25) is 0 Å². The number of hydrogen-bond donors (Lipinski definition) is 0. The van der Waals surface area contributed by atoms with E-state index in [1.54, 1.807) is 0 Å². The summed E-state index contributed by atoms with van der Waals surface area (Å²) in [5, 5.41) is 9.27. The second-order valence-electron chi connectivity index (χ2n) is 21.5. The maximum atomic E-state index is 6.66. The molecule has 0 fully saturated rings. The average Bonchev–Trinajstić information content (AvgIpc) is 4.19. The van der Waals surface area contributed by atoms with Crippen molar-refractivity contribution in [2.24, 2.45) is 0 Å². The van der Waals surface area contributed by atoms with Crippen LogP contribution >= 0.6 is 11.3 Å². The highest BCUT2D eigenvalue weighted by molar-refractivity contribution is 7.26. The molecule has 6 heterocycles. The van der Waals surface area contributed by atoms with Crippen molar-refractivity contribution in [3.63, 3.8) is 0 Å². The lowest BCUT2D eigenvalue weighted by molar-refractivity contribution is 0.668. The van der Waals surface area contributed by atoms with E-state index < -0.39 is 0 Å². The quantitative estimate of drug-likeness (QED) is 0.152. The summed E-state index contributed by atoms with van der Waals surface area (Å²) >= 11 is 1.86. The van der Waals surface area contributed by atoms with E-state index in [0.29, 0.717) is 0 Å². The summed E-state index contributed by atoms with van der Waals surface area (Å²) < 4.78 is 18.2. The third-order valence-electron chi connectivity index (χ3n) is 16.8. The molecule has 0 unspecified atom stereocenters. The molecule has 10 aromatic carbocycles. The van der Waals surface area contributed by atoms with Gasteiger partial charge < -0.3 is 13.4 Å². The molecule has 1 aliphatic carbocycles. The van der Waals surface area contributed by atoms with E-state index in [0.717, 1.165) is 129 Å². The molecule has 17 rings (SSSR count). The molecular formula is C76H47N3O2S. The topological polar surface area (TPSA) is 57.0 Å². The third-order valence-corrected chi connectivity index (χ3v) is 18.0. The van der Waals surface area contributed by atoms with Crippen LogP contribution in [-0.2, 0) is 0 Å². The molecule has 0 N–H and O–H groups in total. The molecule has 0 saturated heterocycles. The number of hydrogen-bond acceptors (Lipinski definition) is 5.